The molecule has 3 fully saturated rings. The highest BCUT2D eigenvalue weighted by molar-refractivity contribution is 5.82. The number of hydrogen-bond donors (Lipinski definition) is 0. The van der Waals surface area contributed by atoms with Gasteiger partial charge in [-0.05, 0) is 37.1 Å². The number of piperazine rings is 2. The zero-order valence-electron chi connectivity index (χ0n) is 20.6. The summed E-state index contributed by atoms with van der Waals surface area (Å²) >= 11 is 0. The summed E-state index contributed by atoms with van der Waals surface area (Å²) in [4.78, 5) is 21.9. The fourth-order valence-electron chi connectivity index (χ4n) is 5.39. The summed E-state index contributed by atoms with van der Waals surface area (Å²) < 4.78 is 17.4. The average Bonchev–Trinajstić information content (AvgIpc) is 3.46. The molecule has 1 amide bonds. The first kappa shape index (κ1) is 23.3. The SMILES string of the molecule is O=C(C1COc2ccccc2O1)N1CCN(c2ccc(N3CCN(CC4CCCO4)CC3)nn2)CC1. The molecule has 10 heteroatoms. The van der Waals surface area contributed by atoms with Crippen molar-refractivity contribution in [1.29, 1.82) is 0 Å². The number of amides is 1. The topological polar surface area (TPSA) is 83.5 Å². The van der Waals surface area contributed by atoms with Crippen LogP contribution in [0.3, 0.4) is 0 Å². The van der Waals surface area contributed by atoms with Crippen LogP contribution in [-0.2, 0) is 9.53 Å². The highest BCUT2D eigenvalue weighted by atomic mass is 16.6. The van der Waals surface area contributed by atoms with Crippen LogP contribution in [0.4, 0.5) is 11.6 Å². The molecule has 2 unspecified atom stereocenters. The summed E-state index contributed by atoms with van der Waals surface area (Å²) in [5.41, 5.74) is 0. The summed E-state index contributed by atoms with van der Waals surface area (Å²) in [5.74, 6) is 3.08. The van der Waals surface area contributed by atoms with E-state index in [4.69, 9.17) is 14.2 Å². The van der Waals surface area contributed by atoms with Crippen LogP contribution in [0.5, 0.6) is 11.5 Å². The summed E-state index contributed by atoms with van der Waals surface area (Å²) in [7, 11) is 0. The minimum atomic E-state index is -0.600. The van der Waals surface area contributed by atoms with Gasteiger partial charge in [0.25, 0.3) is 5.91 Å². The molecular formula is C26H34N6O4. The van der Waals surface area contributed by atoms with Crippen molar-refractivity contribution in [2.75, 3.05) is 81.9 Å². The van der Waals surface area contributed by atoms with E-state index in [1.165, 1.54) is 12.8 Å². The molecule has 192 valence electrons. The van der Waals surface area contributed by atoms with Gasteiger partial charge in [-0.3, -0.25) is 9.69 Å². The number of rotatable bonds is 5. The number of benzene rings is 1. The summed E-state index contributed by atoms with van der Waals surface area (Å²) in [6.45, 7) is 8.84. The van der Waals surface area contributed by atoms with Gasteiger partial charge >= 0.3 is 0 Å². The van der Waals surface area contributed by atoms with Crippen LogP contribution in [0.25, 0.3) is 0 Å². The maximum atomic E-state index is 13.0. The maximum absolute atomic E-state index is 13.0. The smallest absolute Gasteiger partial charge is 0.267 e. The molecule has 4 aliphatic heterocycles. The first-order chi connectivity index (χ1) is 17.7. The van der Waals surface area contributed by atoms with Gasteiger partial charge < -0.3 is 28.9 Å². The molecule has 2 aromatic rings. The Bertz CT molecular complexity index is 1030. The first-order valence-corrected chi connectivity index (χ1v) is 13.1. The van der Waals surface area contributed by atoms with E-state index >= 15 is 0 Å². The minimum Gasteiger partial charge on any atom is -0.485 e. The van der Waals surface area contributed by atoms with Crippen LogP contribution < -0.4 is 19.3 Å². The largest absolute Gasteiger partial charge is 0.485 e. The molecule has 4 aliphatic rings. The molecule has 1 aromatic heterocycles. The van der Waals surface area contributed by atoms with Crippen LogP contribution in [0.15, 0.2) is 36.4 Å². The lowest BCUT2D eigenvalue weighted by Gasteiger charge is -2.38. The Labute approximate surface area is 211 Å². The first-order valence-electron chi connectivity index (χ1n) is 13.1. The predicted molar refractivity (Wildman–Crippen MR) is 135 cm³/mol. The van der Waals surface area contributed by atoms with Gasteiger partial charge in [-0.2, -0.15) is 0 Å². The molecule has 2 atom stereocenters. The number of hydrogen-bond acceptors (Lipinski definition) is 9. The third-order valence-corrected chi connectivity index (χ3v) is 7.52. The van der Waals surface area contributed by atoms with E-state index in [1.807, 2.05) is 35.2 Å². The number of fused-ring (bicyclic) bond motifs is 1. The Hall–Kier alpha value is -3.11. The number of ether oxygens (including phenoxy) is 3. The zero-order chi connectivity index (χ0) is 24.3. The van der Waals surface area contributed by atoms with Gasteiger partial charge in [-0.25, -0.2) is 0 Å². The predicted octanol–water partition coefficient (Wildman–Crippen LogP) is 1.27. The molecular weight excluding hydrogens is 460 g/mol. The van der Waals surface area contributed by atoms with E-state index in [1.54, 1.807) is 0 Å². The monoisotopic (exact) mass is 494 g/mol. The van der Waals surface area contributed by atoms with Crippen molar-refractivity contribution in [3.63, 3.8) is 0 Å². The highest BCUT2D eigenvalue weighted by Gasteiger charge is 2.33. The number of para-hydroxylation sites is 2. The molecule has 36 heavy (non-hydrogen) atoms. The van der Waals surface area contributed by atoms with Gasteiger partial charge in [0.1, 0.15) is 6.61 Å². The van der Waals surface area contributed by atoms with E-state index in [0.717, 1.165) is 51.0 Å². The van der Waals surface area contributed by atoms with E-state index < -0.39 is 6.10 Å². The number of carbonyl (C=O) groups is 1. The van der Waals surface area contributed by atoms with Crippen LogP contribution >= 0.6 is 0 Å². The lowest BCUT2D eigenvalue weighted by Crippen LogP contribution is -2.54. The normalized spacial score (nSPS) is 24.7. The molecule has 0 radical (unpaired) electrons. The average molecular weight is 495 g/mol. The van der Waals surface area contributed by atoms with Crippen LogP contribution in [-0.4, -0.2) is 110 Å². The second kappa shape index (κ2) is 10.5. The van der Waals surface area contributed by atoms with Crippen molar-refractivity contribution in [3.8, 4) is 11.5 Å². The molecule has 0 spiro atoms. The van der Waals surface area contributed by atoms with Crippen molar-refractivity contribution in [2.45, 2.75) is 25.0 Å². The summed E-state index contributed by atoms with van der Waals surface area (Å²) in [6, 6.07) is 11.6. The Morgan fingerprint density at radius 2 is 1.53 bits per heavy atom. The zero-order valence-corrected chi connectivity index (χ0v) is 20.6. The molecule has 0 bridgehead atoms. The second-order valence-electron chi connectivity index (χ2n) is 9.85. The van der Waals surface area contributed by atoms with Gasteiger partial charge in [0, 0.05) is 65.5 Å². The number of aromatic nitrogens is 2. The van der Waals surface area contributed by atoms with Crippen LogP contribution in [0.1, 0.15) is 12.8 Å². The fraction of sp³-hybridized carbons (Fsp3) is 0.577. The van der Waals surface area contributed by atoms with Crippen molar-refractivity contribution in [3.05, 3.63) is 36.4 Å². The Morgan fingerprint density at radius 3 is 2.17 bits per heavy atom. The van der Waals surface area contributed by atoms with Gasteiger partial charge in [0.15, 0.2) is 23.1 Å². The second-order valence-corrected chi connectivity index (χ2v) is 9.85. The van der Waals surface area contributed by atoms with Crippen molar-refractivity contribution in [2.24, 2.45) is 0 Å². The Kier molecular flexibility index (Phi) is 6.78. The van der Waals surface area contributed by atoms with Crippen molar-refractivity contribution < 1.29 is 19.0 Å². The van der Waals surface area contributed by atoms with Crippen molar-refractivity contribution >= 4 is 17.5 Å². The van der Waals surface area contributed by atoms with E-state index in [2.05, 4.69) is 31.0 Å². The van der Waals surface area contributed by atoms with E-state index in [9.17, 15) is 4.79 Å². The summed E-state index contributed by atoms with van der Waals surface area (Å²) in [6.07, 6.45) is 2.19. The highest BCUT2D eigenvalue weighted by Crippen LogP contribution is 2.31. The van der Waals surface area contributed by atoms with E-state index in [0.29, 0.717) is 43.8 Å². The Balaban J connectivity index is 0.974. The molecule has 6 rings (SSSR count). The van der Waals surface area contributed by atoms with E-state index in [-0.39, 0.29) is 12.5 Å². The maximum Gasteiger partial charge on any atom is 0.267 e. The molecule has 10 nitrogen and oxygen atoms in total. The molecule has 1 aromatic carbocycles. The molecule has 5 heterocycles. The van der Waals surface area contributed by atoms with Gasteiger partial charge in [0.05, 0.1) is 6.10 Å². The number of nitrogens with zero attached hydrogens (tertiary/aromatic N) is 6. The molecule has 0 saturated carbocycles. The lowest BCUT2D eigenvalue weighted by atomic mass is 10.2. The summed E-state index contributed by atoms with van der Waals surface area (Å²) in [5, 5.41) is 9.05. The molecule has 3 saturated heterocycles. The quantitative estimate of drug-likeness (QED) is 0.610. The minimum absolute atomic E-state index is 0.0239. The van der Waals surface area contributed by atoms with Crippen LogP contribution in [0.2, 0.25) is 0 Å². The lowest BCUT2D eigenvalue weighted by molar-refractivity contribution is -0.141. The van der Waals surface area contributed by atoms with Gasteiger partial charge in [-0.1, -0.05) is 12.1 Å². The third-order valence-electron chi connectivity index (χ3n) is 7.52. The standard InChI is InChI=1S/C26H34N6O4/c33-26(23-19-35-21-5-1-2-6-22(21)36-23)32-15-13-31(14-16-32)25-8-7-24(27-28-25)30-11-9-29(10-12-30)18-20-4-3-17-34-20/h1-2,5-8,20,23H,3-4,9-19H2. The fourth-order valence-corrected chi connectivity index (χ4v) is 5.39. The molecule has 0 N–H and O–H groups in total. The Morgan fingerprint density at radius 1 is 0.861 bits per heavy atom. The number of anilines is 2. The van der Waals surface area contributed by atoms with Gasteiger partial charge in [0.2, 0.25) is 6.10 Å². The van der Waals surface area contributed by atoms with Gasteiger partial charge in [-0.15, -0.1) is 10.2 Å². The van der Waals surface area contributed by atoms with Crippen molar-refractivity contribution in [1.82, 2.24) is 20.0 Å². The molecule has 0 aliphatic carbocycles. The van der Waals surface area contributed by atoms with Crippen LogP contribution in [0, 0.1) is 0 Å². The number of carbonyl (C=O) groups excluding carboxylic acids is 1. The third kappa shape index (κ3) is 5.05.